The topological polar surface area (TPSA) is 291 Å². The molecule has 0 bridgehead atoms. The molecule has 1 unspecified atom stereocenters. The fourth-order valence-corrected chi connectivity index (χ4v) is 12.6. The van der Waals surface area contributed by atoms with Crippen molar-refractivity contribution in [1.82, 2.24) is 30.1 Å². The van der Waals surface area contributed by atoms with Crippen LogP contribution in [0.2, 0.25) is 0 Å². The lowest BCUT2D eigenvalue weighted by molar-refractivity contribution is -0.142. The van der Waals surface area contributed by atoms with Crippen LogP contribution in [0.4, 0.5) is 11.4 Å². The van der Waals surface area contributed by atoms with Gasteiger partial charge in [0.25, 0.3) is 17.7 Å². The number of carboxylic acids is 2. The van der Waals surface area contributed by atoms with Crippen molar-refractivity contribution in [3.8, 4) is 90.9 Å². The number of rotatable bonds is 29. The summed E-state index contributed by atoms with van der Waals surface area (Å²) in [4.78, 5) is 76.4. The first-order valence-electron chi connectivity index (χ1n) is 32.6. The number of benzene rings is 10. The minimum absolute atomic E-state index is 0.00502. The standard InChI is InChI=1S/C80H66I2N8O14/c1-48-7-15-52(16-8-48)54-23-27-56(28-24-54)75-85-77(103-87-75)58-19-11-50(12-20-58)44-89(46-73(93)94)79(97)60-31-35-64(36-32-60)83-71(91)42-63-40-69(100-3)62(41-70(63)102-82)39-49-9-17-53(18-10-49)55-25-29-57(30-26-55)76-86-78(104-88-76)59-21-13-51(14-22-59)45-90(47-74(95)96)80(98)61-33-37-65(38-34-61)84-72(92)43-66-67(99-2)5-4-6-68(66)101-81/h4-38,40-41,80,98H,39,42-47H2,1-3H3,(H,83,91)(H,84,92)(H,93,94)(H,95,96). The normalized spacial score (nSPS) is 11.4. The zero-order chi connectivity index (χ0) is 72.8. The number of aryl methyl sites for hydroxylation is 1. The summed E-state index contributed by atoms with van der Waals surface area (Å²) in [5, 5.41) is 45.2. The molecule has 0 saturated heterocycles. The number of aliphatic carboxylic acids is 2. The highest BCUT2D eigenvalue weighted by Crippen LogP contribution is 2.36. The summed E-state index contributed by atoms with van der Waals surface area (Å²) in [6.07, 6.45) is -0.857. The Labute approximate surface area is 625 Å². The number of hydrogen-bond acceptors (Lipinski definition) is 17. The van der Waals surface area contributed by atoms with Gasteiger partial charge in [-0.05, 0) is 136 Å². The van der Waals surface area contributed by atoms with E-state index in [1.807, 2.05) is 78.9 Å². The predicted molar refractivity (Wildman–Crippen MR) is 407 cm³/mol. The number of aliphatic hydroxyl groups excluding tert-OH is 1. The summed E-state index contributed by atoms with van der Waals surface area (Å²) in [5.41, 5.74) is 14.1. The average Bonchev–Trinajstić information content (AvgIpc) is 1.71. The predicted octanol–water partition coefficient (Wildman–Crippen LogP) is 15.5. The zero-order valence-corrected chi connectivity index (χ0v) is 60.5. The fourth-order valence-electron chi connectivity index (χ4n) is 11.8. The van der Waals surface area contributed by atoms with Gasteiger partial charge in [-0.3, -0.25) is 28.9 Å². The van der Waals surface area contributed by atoms with E-state index in [0.717, 1.165) is 50.1 Å². The van der Waals surface area contributed by atoms with Crippen molar-refractivity contribution < 1.29 is 63.9 Å². The average molecular weight is 1620 g/mol. The highest BCUT2D eigenvalue weighted by Gasteiger charge is 2.25. The molecule has 10 aromatic carbocycles. The minimum atomic E-state index is -1.28. The molecule has 24 heteroatoms. The van der Waals surface area contributed by atoms with E-state index in [9.17, 15) is 39.3 Å². The van der Waals surface area contributed by atoms with Crippen LogP contribution in [0.25, 0.3) is 67.9 Å². The molecule has 0 saturated carbocycles. The number of anilines is 2. The van der Waals surface area contributed by atoms with Gasteiger partial charge in [-0.15, -0.1) is 0 Å². The molecule has 3 amide bonds. The van der Waals surface area contributed by atoms with E-state index in [0.29, 0.717) is 91.7 Å². The molecule has 0 aliphatic heterocycles. The Kier molecular flexibility index (Phi) is 23.2. The van der Waals surface area contributed by atoms with Gasteiger partial charge in [-0.2, -0.15) is 9.97 Å². The summed E-state index contributed by atoms with van der Waals surface area (Å²) in [6.45, 7) is 1.15. The Hall–Kier alpha value is -11.6. The highest BCUT2D eigenvalue weighted by atomic mass is 127. The Balaban J connectivity index is 0.613. The Morgan fingerprint density at radius 1 is 0.481 bits per heavy atom. The minimum Gasteiger partial charge on any atom is -0.496 e. The number of nitrogens with zero attached hydrogens (tertiary/aromatic N) is 6. The van der Waals surface area contributed by atoms with Crippen molar-refractivity contribution in [3.63, 3.8) is 0 Å². The molecular formula is C80H66I2N8O14. The van der Waals surface area contributed by atoms with Crippen molar-refractivity contribution in [2.75, 3.05) is 37.9 Å². The van der Waals surface area contributed by atoms with E-state index < -0.39 is 37.2 Å². The first-order valence-corrected chi connectivity index (χ1v) is 34.3. The monoisotopic (exact) mass is 1620 g/mol. The number of carboxylic acid groups (broad SMARTS) is 2. The van der Waals surface area contributed by atoms with Crippen LogP contribution in [0.15, 0.2) is 234 Å². The summed E-state index contributed by atoms with van der Waals surface area (Å²) >= 11 is 3.55. The second kappa shape index (κ2) is 33.5. The maximum Gasteiger partial charge on any atom is 0.323 e. The molecule has 2 aromatic heterocycles. The number of halogens is 2. The summed E-state index contributed by atoms with van der Waals surface area (Å²) in [5.74, 6) is 0.0118. The zero-order valence-electron chi connectivity index (χ0n) is 56.2. The van der Waals surface area contributed by atoms with E-state index >= 15 is 0 Å². The van der Waals surface area contributed by atoms with Gasteiger partial charge in [-0.25, -0.2) is 0 Å². The number of aromatic nitrogens is 4. The lowest BCUT2D eigenvalue weighted by Gasteiger charge is -2.27. The highest BCUT2D eigenvalue weighted by molar-refractivity contribution is 14.1. The number of methoxy groups -OCH3 is 2. The molecule has 12 rings (SSSR count). The summed E-state index contributed by atoms with van der Waals surface area (Å²) in [7, 11) is 3.09. The molecule has 0 aliphatic rings. The Morgan fingerprint density at radius 2 is 0.923 bits per heavy atom. The lowest BCUT2D eigenvalue weighted by Crippen LogP contribution is -2.35. The summed E-state index contributed by atoms with van der Waals surface area (Å²) in [6, 6.07) is 68.1. The molecular weight excluding hydrogens is 1550 g/mol. The SMILES string of the molecule is COc1cc(CC(=O)Nc2ccc(C(=O)N(CC(=O)O)Cc3ccc(-c4nc(-c5ccc(-c6ccc(C)cc6)cc5)no4)cc3)cc2)c(OI)cc1Cc1ccc(-c2ccc(-c3noc(-c4ccc(CN(CC(=O)O)C(O)c5ccc(NC(=O)Cc6c(OC)cccc6OI)cc5)cc4)n3)cc2)cc1. The molecule has 5 N–H and O–H groups in total. The number of hydrogen-bond donors (Lipinski definition) is 5. The number of carbonyl (C=O) groups is 5. The fraction of sp³-hybridized carbons (Fsp3) is 0.138. The van der Waals surface area contributed by atoms with E-state index in [1.165, 1.54) is 34.6 Å². The number of nitrogens with one attached hydrogen (secondary N) is 2. The van der Waals surface area contributed by atoms with Gasteiger partial charge < -0.3 is 55.5 Å². The van der Waals surface area contributed by atoms with Crippen LogP contribution in [0.1, 0.15) is 61.1 Å². The molecule has 12 aromatic rings. The van der Waals surface area contributed by atoms with Crippen LogP contribution in [-0.2, 0) is 51.5 Å². The molecule has 1 atom stereocenters. The third kappa shape index (κ3) is 18.0. The number of aliphatic hydroxyl groups is 1. The molecule has 22 nitrogen and oxygen atoms in total. The molecule has 524 valence electrons. The van der Waals surface area contributed by atoms with Gasteiger partial charge >= 0.3 is 11.9 Å². The smallest absolute Gasteiger partial charge is 0.323 e. The van der Waals surface area contributed by atoms with Crippen molar-refractivity contribution >= 4 is 87.0 Å². The lowest BCUT2D eigenvalue weighted by atomic mass is 9.97. The molecule has 104 heavy (non-hydrogen) atoms. The largest absolute Gasteiger partial charge is 0.496 e. The molecule has 0 radical (unpaired) electrons. The molecule has 0 spiro atoms. The number of carbonyl (C=O) groups excluding carboxylic acids is 3. The van der Waals surface area contributed by atoms with Crippen LogP contribution in [-0.4, -0.2) is 102 Å². The maximum absolute atomic E-state index is 13.8. The van der Waals surface area contributed by atoms with Crippen LogP contribution < -0.4 is 26.2 Å². The second-order valence-corrected chi connectivity index (χ2v) is 25.3. The molecule has 0 fully saturated rings. The van der Waals surface area contributed by atoms with E-state index in [1.54, 1.807) is 162 Å². The quantitative estimate of drug-likeness (QED) is 0.0215. The second-order valence-electron chi connectivity index (χ2n) is 24.4. The van der Waals surface area contributed by atoms with Gasteiger partial charge in [-0.1, -0.05) is 155 Å². The Bertz CT molecular complexity index is 5000. The third-order valence-corrected chi connectivity index (χ3v) is 18.1. The number of ether oxygens (including phenoxy) is 2. The van der Waals surface area contributed by atoms with Gasteiger partial charge in [0.2, 0.25) is 23.5 Å². The third-order valence-electron chi connectivity index (χ3n) is 17.2. The number of amides is 3. The first-order chi connectivity index (χ1) is 50.5. The van der Waals surface area contributed by atoms with E-state index in [2.05, 4.69) is 62.1 Å². The molecule has 0 aliphatic carbocycles. The van der Waals surface area contributed by atoms with Crippen LogP contribution in [0.5, 0.6) is 23.0 Å². The van der Waals surface area contributed by atoms with Crippen molar-refractivity contribution in [2.24, 2.45) is 0 Å². The molecule has 2 heterocycles. The van der Waals surface area contributed by atoms with Crippen molar-refractivity contribution in [2.45, 2.75) is 45.5 Å². The first kappa shape index (κ1) is 72.2. The summed E-state index contributed by atoms with van der Waals surface area (Å²) < 4.78 is 33.7. The van der Waals surface area contributed by atoms with Crippen molar-refractivity contribution in [3.05, 3.63) is 275 Å². The Morgan fingerprint density at radius 3 is 1.43 bits per heavy atom. The van der Waals surface area contributed by atoms with Crippen LogP contribution >= 0.6 is 46.0 Å². The van der Waals surface area contributed by atoms with Gasteiger partial charge in [0.1, 0.15) is 35.8 Å². The van der Waals surface area contributed by atoms with Gasteiger partial charge in [0.15, 0.2) is 46.0 Å². The van der Waals surface area contributed by atoms with Gasteiger partial charge in [0.05, 0.1) is 33.6 Å². The van der Waals surface area contributed by atoms with Crippen molar-refractivity contribution in [1.29, 1.82) is 0 Å². The maximum atomic E-state index is 13.8. The van der Waals surface area contributed by atoms with E-state index in [4.69, 9.17) is 24.7 Å². The van der Waals surface area contributed by atoms with Gasteiger partial charge in [0, 0.05) is 75.4 Å². The van der Waals surface area contributed by atoms with E-state index in [-0.39, 0.29) is 49.2 Å². The van der Waals surface area contributed by atoms with Crippen LogP contribution in [0.3, 0.4) is 0 Å². The van der Waals surface area contributed by atoms with Crippen LogP contribution in [0, 0.1) is 6.92 Å².